The van der Waals surface area contributed by atoms with E-state index in [2.05, 4.69) is 8.92 Å². The van der Waals surface area contributed by atoms with Crippen molar-refractivity contribution in [1.82, 2.24) is 0 Å². The lowest BCUT2D eigenvalue weighted by atomic mass is 10.4. The molecule has 72 valence electrons. The van der Waals surface area contributed by atoms with Gasteiger partial charge in [0.15, 0.2) is 6.10 Å². The fourth-order valence-corrected chi connectivity index (χ4v) is 0.895. The molecule has 12 heavy (non-hydrogen) atoms. The molecule has 5 nitrogen and oxygen atoms in total. The first-order valence-electron chi connectivity index (χ1n) is 3.16. The van der Waals surface area contributed by atoms with Crippen LogP contribution < -0.4 is 0 Å². The average Bonchev–Trinajstić information content (AvgIpc) is 1.84. The molecular weight excluding hydrogens is 191 g/mol. The van der Waals surface area contributed by atoms with Crippen molar-refractivity contribution in [1.29, 1.82) is 0 Å². The van der Waals surface area contributed by atoms with Gasteiger partial charge in [-0.1, -0.05) is 3.89 Å². The van der Waals surface area contributed by atoms with Gasteiger partial charge in [-0.25, -0.2) is 8.98 Å². The average molecular weight is 200 g/mol. The number of rotatable bonds is 4. The maximum Gasteiger partial charge on any atom is 0.438 e. The predicted molar refractivity (Wildman–Crippen MR) is 37.2 cm³/mol. The summed E-state index contributed by atoms with van der Waals surface area (Å²) in [5, 5.41) is 0. The van der Waals surface area contributed by atoms with E-state index >= 15 is 0 Å². The second-order valence-corrected chi connectivity index (χ2v) is 2.86. The summed E-state index contributed by atoms with van der Waals surface area (Å²) in [7, 11) is -5.09. The zero-order valence-electron chi connectivity index (χ0n) is 6.61. The standard InChI is InChI=1S/C5H9FO5S/c1-3-10-5(7)4(2)11-12(6,8)9/h4H,3H2,1-2H3. The van der Waals surface area contributed by atoms with Gasteiger partial charge in [0.25, 0.3) is 0 Å². The minimum atomic E-state index is -5.09. The predicted octanol–water partition coefficient (Wildman–Crippen LogP) is 0.169. The van der Waals surface area contributed by atoms with Crippen molar-refractivity contribution in [3.63, 3.8) is 0 Å². The van der Waals surface area contributed by atoms with Crippen LogP contribution in [0, 0.1) is 0 Å². The van der Waals surface area contributed by atoms with Gasteiger partial charge in [0, 0.05) is 0 Å². The lowest BCUT2D eigenvalue weighted by Gasteiger charge is -2.07. The van der Waals surface area contributed by atoms with E-state index in [1.54, 1.807) is 0 Å². The molecule has 1 unspecified atom stereocenters. The minimum Gasteiger partial charge on any atom is -0.464 e. The molecule has 0 spiro atoms. The first kappa shape index (κ1) is 11.3. The Kier molecular flexibility index (Phi) is 4.11. The van der Waals surface area contributed by atoms with Gasteiger partial charge in [0.05, 0.1) is 6.61 Å². The van der Waals surface area contributed by atoms with Gasteiger partial charge >= 0.3 is 16.5 Å². The fourth-order valence-electron chi connectivity index (χ4n) is 0.471. The quantitative estimate of drug-likeness (QED) is 0.478. The maximum atomic E-state index is 11.8. The number of carbonyl (C=O) groups is 1. The topological polar surface area (TPSA) is 69.7 Å². The van der Waals surface area contributed by atoms with Crippen LogP contribution in [-0.4, -0.2) is 27.1 Å². The van der Waals surface area contributed by atoms with E-state index in [0.717, 1.165) is 6.92 Å². The van der Waals surface area contributed by atoms with E-state index < -0.39 is 22.6 Å². The van der Waals surface area contributed by atoms with Gasteiger partial charge in [-0.05, 0) is 13.8 Å². The van der Waals surface area contributed by atoms with Gasteiger partial charge in [-0.15, -0.1) is 0 Å². The molecule has 0 N–H and O–H groups in total. The Morgan fingerprint density at radius 3 is 2.42 bits per heavy atom. The molecule has 0 rings (SSSR count). The third-order valence-electron chi connectivity index (χ3n) is 0.878. The van der Waals surface area contributed by atoms with Crippen LogP contribution in [0.15, 0.2) is 0 Å². The zero-order valence-corrected chi connectivity index (χ0v) is 7.43. The van der Waals surface area contributed by atoms with Crippen molar-refractivity contribution < 1.29 is 26.0 Å². The second kappa shape index (κ2) is 4.36. The first-order chi connectivity index (χ1) is 5.37. The molecule has 0 saturated carbocycles. The van der Waals surface area contributed by atoms with Crippen molar-refractivity contribution in [2.24, 2.45) is 0 Å². The molecule has 0 radical (unpaired) electrons. The fraction of sp³-hybridized carbons (Fsp3) is 0.800. The van der Waals surface area contributed by atoms with Crippen LogP contribution in [0.4, 0.5) is 3.89 Å². The Labute approximate surface area is 69.9 Å². The van der Waals surface area contributed by atoms with Crippen molar-refractivity contribution in [3.8, 4) is 0 Å². The molecule has 0 aromatic rings. The number of esters is 1. The number of hydrogen-bond donors (Lipinski definition) is 0. The van der Waals surface area contributed by atoms with Gasteiger partial charge in [-0.2, -0.15) is 8.42 Å². The number of carbonyl (C=O) groups excluding carboxylic acids is 1. The third kappa shape index (κ3) is 5.03. The van der Waals surface area contributed by atoms with Crippen molar-refractivity contribution in [2.45, 2.75) is 20.0 Å². The van der Waals surface area contributed by atoms with E-state index in [1.165, 1.54) is 6.92 Å². The SMILES string of the molecule is CCOC(=O)C(C)OS(=O)(=O)F. The lowest BCUT2D eigenvalue weighted by Crippen LogP contribution is -2.24. The first-order valence-corrected chi connectivity index (χ1v) is 4.47. The molecule has 0 saturated heterocycles. The van der Waals surface area contributed by atoms with Crippen LogP contribution in [0.3, 0.4) is 0 Å². The van der Waals surface area contributed by atoms with Gasteiger partial charge in [0.1, 0.15) is 0 Å². The summed E-state index contributed by atoms with van der Waals surface area (Å²) in [6.45, 7) is 2.70. The smallest absolute Gasteiger partial charge is 0.438 e. The maximum absolute atomic E-state index is 11.8. The summed E-state index contributed by atoms with van der Waals surface area (Å²) in [6, 6.07) is 0. The highest BCUT2D eigenvalue weighted by Crippen LogP contribution is 2.02. The van der Waals surface area contributed by atoms with Crippen LogP contribution in [0.2, 0.25) is 0 Å². The van der Waals surface area contributed by atoms with Gasteiger partial charge in [0.2, 0.25) is 0 Å². The Hall–Kier alpha value is -0.690. The van der Waals surface area contributed by atoms with Crippen LogP contribution in [0.25, 0.3) is 0 Å². The van der Waals surface area contributed by atoms with Crippen LogP contribution >= 0.6 is 0 Å². The molecule has 0 bridgehead atoms. The van der Waals surface area contributed by atoms with E-state index in [0.29, 0.717) is 0 Å². The zero-order chi connectivity index (χ0) is 9.78. The Morgan fingerprint density at radius 1 is 1.58 bits per heavy atom. The highest BCUT2D eigenvalue weighted by atomic mass is 32.3. The minimum absolute atomic E-state index is 0.0822. The van der Waals surface area contributed by atoms with Crippen LogP contribution in [-0.2, 0) is 24.2 Å². The Bertz CT molecular complexity index is 247. The molecule has 1 atom stereocenters. The largest absolute Gasteiger partial charge is 0.464 e. The van der Waals surface area contributed by atoms with E-state index in [1.807, 2.05) is 0 Å². The second-order valence-electron chi connectivity index (χ2n) is 1.88. The van der Waals surface area contributed by atoms with Crippen molar-refractivity contribution in [2.75, 3.05) is 6.61 Å². The summed E-state index contributed by atoms with van der Waals surface area (Å²) in [5.41, 5.74) is 0. The molecule has 7 heteroatoms. The van der Waals surface area contributed by atoms with E-state index in [4.69, 9.17) is 0 Å². The highest BCUT2D eigenvalue weighted by molar-refractivity contribution is 7.81. The van der Waals surface area contributed by atoms with E-state index in [-0.39, 0.29) is 6.61 Å². The Morgan fingerprint density at radius 2 is 2.08 bits per heavy atom. The normalized spacial score (nSPS) is 13.9. The molecule has 0 aliphatic heterocycles. The highest BCUT2D eigenvalue weighted by Gasteiger charge is 2.21. The lowest BCUT2D eigenvalue weighted by molar-refractivity contribution is -0.150. The molecule has 0 amide bonds. The summed E-state index contributed by atoms with van der Waals surface area (Å²) < 4.78 is 39.5. The molecule has 0 aliphatic carbocycles. The molecule has 0 aromatic heterocycles. The summed E-state index contributed by atoms with van der Waals surface area (Å²) in [6.07, 6.45) is -1.44. The van der Waals surface area contributed by atoms with Gasteiger partial charge in [-0.3, -0.25) is 0 Å². The summed E-state index contributed by atoms with van der Waals surface area (Å²) >= 11 is 0. The molecule has 0 fully saturated rings. The van der Waals surface area contributed by atoms with Crippen molar-refractivity contribution >= 4 is 16.5 Å². The number of ether oxygens (including phenoxy) is 1. The number of hydrogen-bond acceptors (Lipinski definition) is 5. The van der Waals surface area contributed by atoms with E-state index in [9.17, 15) is 17.1 Å². The van der Waals surface area contributed by atoms with Crippen molar-refractivity contribution in [3.05, 3.63) is 0 Å². The van der Waals surface area contributed by atoms with Crippen LogP contribution in [0.5, 0.6) is 0 Å². The molecule has 0 aliphatic rings. The molecule has 0 aromatic carbocycles. The monoisotopic (exact) mass is 200 g/mol. The third-order valence-corrected chi connectivity index (χ3v) is 1.40. The summed E-state index contributed by atoms with van der Waals surface area (Å²) in [5.74, 6) is -0.918. The Balaban J connectivity index is 4.05. The summed E-state index contributed by atoms with van der Waals surface area (Å²) in [4.78, 5) is 10.6. The molecular formula is C5H9FO5S. The number of halogens is 1. The molecule has 0 heterocycles. The van der Waals surface area contributed by atoms with Crippen LogP contribution in [0.1, 0.15) is 13.8 Å². The van der Waals surface area contributed by atoms with Gasteiger partial charge < -0.3 is 4.74 Å².